The summed E-state index contributed by atoms with van der Waals surface area (Å²) in [5, 5.41) is 2.34. The molecule has 0 atom stereocenters. The molecule has 1 aliphatic carbocycles. The molecule has 7 aromatic rings. The molecule has 0 spiro atoms. The molecule has 5 nitrogen and oxygen atoms in total. The predicted molar refractivity (Wildman–Crippen MR) is 162 cm³/mol. The summed E-state index contributed by atoms with van der Waals surface area (Å²) in [5.41, 5.74) is 4.79. The molecule has 190 valence electrons. The molecule has 0 saturated heterocycles. The minimum absolute atomic E-state index is 0.650. The van der Waals surface area contributed by atoms with Crippen LogP contribution in [0.5, 0.6) is 0 Å². The van der Waals surface area contributed by atoms with E-state index in [1.54, 1.807) is 11.3 Å². The van der Waals surface area contributed by atoms with E-state index in [1.807, 2.05) is 60.7 Å². The topological polar surface area (TPSA) is 64.7 Å². The van der Waals surface area contributed by atoms with Crippen molar-refractivity contribution in [3.63, 3.8) is 0 Å². The third-order valence-electron chi connectivity index (χ3n) is 7.22. The van der Waals surface area contributed by atoms with Crippen molar-refractivity contribution in [3.8, 4) is 45.6 Å². The molecule has 1 aliphatic rings. The second-order valence-electron chi connectivity index (χ2n) is 9.83. The van der Waals surface area contributed by atoms with Gasteiger partial charge in [-0.3, -0.25) is 0 Å². The smallest absolute Gasteiger partial charge is 0.226 e. The van der Waals surface area contributed by atoms with Gasteiger partial charge in [-0.1, -0.05) is 66.7 Å². The van der Waals surface area contributed by atoms with Crippen LogP contribution in [0.2, 0.25) is 0 Å². The molecule has 0 radical (unpaired) electrons. The van der Waals surface area contributed by atoms with Crippen molar-refractivity contribution in [1.82, 2.24) is 19.9 Å². The Balaban J connectivity index is 1.28. The van der Waals surface area contributed by atoms with E-state index in [4.69, 9.17) is 24.4 Å². The Morgan fingerprint density at radius 2 is 1.15 bits per heavy atom. The Bertz CT molecular complexity index is 2000. The molecule has 0 bridgehead atoms. The van der Waals surface area contributed by atoms with Gasteiger partial charge >= 0.3 is 0 Å². The first-order valence-corrected chi connectivity index (χ1v) is 14.1. The lowest BCUT2D eigenvalue weighted by atomic mass is 10.1. The fourth-order valence-corrected chi connectivity index (χ4v) is 6.26. The van der Waals surface area contributed by atoms with E-state index >= 15 is 0 Å². The average molecular weight is 535 g/mol. The summed E-state index contributed by atoms with van der Waals surface area (Å²) in [5.74, 6) is 3.60. The monoisotopic (exact) mass is 534 g/mol. The lowest BCUT2D eigenvalue weighted by Gasteiger charge is -2.08. The third-order valence-corrected chi connectivity index (χ3v) is 8.37. The molecular weight excluding hydrogens is 512 g/mol. The number of allylic oxidation sites excluding steroid dienone is 1. The van der Waals surface area contributed by atoms with Crippen molar-refractivity contribution in [3.05, 3.63) is 115 Å². The minimum Gasteiger partial charge on any atom is -0.441 e. The maximum Gasteiger partial charge on any atom is 0.226 e. The van der Waals surface area contributed by atoms with Gasteiger partial charge in [-0.2, -0.15) is 0 Å². The van der Waals surface area contributed by atoms with Crippen LogP contribution in [0.15, 0.2) is 108 Å². The summed E-state index contributed by atoms with van der Waals surface area (Å²) < 4.78 is 8.58. The largest absolute Gasteiger partial charge is 0.441 e. The number of hydrogen-bond acceptors (Lipinski definition) is 6. The summed E-state index contributed by atoms with van der Waals surface area (Å²) in [6.07, 6.45) is 6.10. The van der Waals surface area contributed by atoms with E-state index in [9.17, 15) is 0 Å². The Labute approximate surface area is 234 Å². The van der Waals surface area contributed by atoms with Crippen LogP contribution < -0.4 is 0 Å². The van der Waals surface area contributed by atoms with Crippen LogP contribution in [0.3, 0.4) is 0 Å². The molecule has 0 N–H and O–H groups in total. The normalized spacial score (nSPS) is 12.7. The van der Waals surface area contributed by atoms with Crippen molar-refractivity contribution in [2.75, 3.05) is 0 Å². The summed E-state index contributed by atoms with van der Waals surface area (Å²) in [4.78, 5) is 19.4. The number of nitrogens with zero attached hydrogens (tertiary/aromatic N) is 4. The highest BCUT2D eigenvalue weighted by atomic mass is 32.1. The predicted octanol–water partition coefficient (Wildman–Crippen LogP) is 8.85. The molecule has 3 heterocycles. The van der Waals surface area contributed by atoms with Gasteiger partial charge in [0.25, 0.3) is 0 Å². The quantitative estimate of drug-likeness (QED) is 0.226. The van der Waals surface area contributed by atoms with Crippen LogP contribution in [0, 0.1) is 0 Å². The van der Waals surface area contributed by atoms with Gasteiger partial charge in [0.05, 0.1) is 0 Å². The number of rotatable bonds is 4. The Morgan fingerprint density at radius 3 is 1.77 bits per heavy atom. The Hall–Kier alpha value is -4.94. The van der Waals surface area contributed by atoms with Crippen LogP contribution in [0.25, 0.3) is 71.9 Å². The van der Waals surface area contributed by atoms with E-state index in [0.29, 0.717) is 23.4 Å². The van der Waals surface area contributed by atoms with Crippen molar-refractivity contribution >= 4 is 37.6 Å². The zero-order valence-corrected chi connectivity index (χ0v) is 22.2. The number of oxazole rings is 1. The van der Waals surface area contributed by atoms with Crippen LogP contribution in [-0.2, 0) is 6.42 Å². The van der Waals surface area contributed by atoms with E-state index in [1.165, 1.54) is 20.2 Å². The van der Waals surface area contributed by atoms with Crippen LogP contribution >= 0.6 is 11.3 Å². The van der Waals surface area contributed by atoms with Crippen LogP contribution in [0.1, 0.15) is 17.9 Å². The molecule has 0 fully saturated rings. The molecular formula is C34H22N4OS. The molecule has 0 unspecified atom stereocenters. The Kier molecular flexibility index (Phi) is 5.38. The zero-order chi connectivity index (χ0) is 26.5. The van der Waals surface area contributed by atoms with E-state index in [2.05, 4.69) is 48.6 Å². The molecule has 4 aromatic carbocycles. The second kappa shape index (κ2) is 9.36. The van der Waals surface area contributed by atoms with Crippen LogP contribution in [0.4, 0.5) is 0 Å². The maximum atomic E-state index is 6.15. The number of thiophene rings is 1. The minimum atomic E-state index is 0.650. The van der Waals surface area contributed by atoms with Gasteiger partial charge in [-0.15, -0.1) is 11.3 Å². The van der Waals surface area contributed by atoms with E-state index in [-0.39, 0.29) is 0 Å². The van der Waals surface area contributed by atoms with Gasteiger partial charge in [0, 0.05) is 48.8 Å². The highest BCUT2D eigenvalue weighted by molar-refractivity contribution is 7.25. The van der Waals surface area contributed by atoms with Crippen molar-refractivity contribution in [2.45, 2.75) is 12.8 Å². The number of aromatic nitrogens is 4. The highest BCUT2D eigenvalue weighted by Gasteiger charge is 2.17. The SMILES string of the molecule is C1=Cc2nc(-c3ccc4sc5ccc(-c6nc(-c7ccccc7)nc(-c7ccccc7)n6)cc5c4c3)oc2CC1. The molecule has 6 heteroatoms. The summed E-state index contributed by atoms with van der Waals surface area (Å²) in [6, 6.07) is 33.0. The first-order valence-electron chi connectivity index (χ1n) is 13.3. The third kappa shape index (κ3) is 4.01. The lowest BCUT2D eigenvalue weighted by Crippen LogP contribution is -2.00. The standard InChI is InChI=1S/C34H22N4OS/c1-3-9-21(10-4-1)31-36-32(22-11-5-2-6-12-22)38-33(37-31)23-15-17-29-25(19-23)26-20-24(16-18-30(26)40-29)34-35-27-13-7-8-14-28(27)39-34/h1-7,9-13,15-20H,8,14H2. The number of aryl methyl sites for hydroxylation is 1. The summed E-state index contributed by atoms with van der Waals surface area (Å²) >= 11 is 1.78. The van der Waals surface area contributed by atoms with Crippen LogP contribution in [-0.4, -0.2) is 19.9 Å². The summed E-state index contributed by atoms with van der Waals surface area (Å²) in [7, 11) is 0. The number of benzene rings is 4. The van der Waals surface area contributed by atoms with E-state index < -0.39 is 0 Å². The molecule has 0 aliphatic heterocycles. The number of hydrogen-bond donors (Lipinski definition) is 0. The second-order valence-corrected chi connectivity index (χ2v) is 10.9. The van der Waals surface area contributed by atoms with Gasteiger partial charge in [0.1, 0.15) is 11.5 Å². The van der Waals surface area contributed by atoms with Gasteiger partial charge in [-0.05, 0) is 48.9 Å². The van der Waals surface area contributed by atoms with E-state index in [0.717, 1.165) is 46.5 Å². The van der Waals surface area contributed by atoms with Crippen molar-refractivity contribution in [1.29, 1.82) is 0 Å². The van der Waals surface area contributed by atoms with Gasteiger partial charge < -0.3 is 4.42 Å². The summed E-state index contributed by atoms with van der Waals surface area (Å²) in [6.45, 7) is 0. The molecule has 8 rings (SSSR count). The maximum absolute atomic E-state index is 6.15. The molecule has 3 aromatic heterocycles. The average Bonchev–Trinajstić information content (AvgIpc) is 3.63. The zero-order valence-electron chi connectivity index (χ0n) is 21.4. The number of fused-ring (bicyclic) bond motifs is 4. The molecule has 40 heavy (non-hydrogen) atoms. The highest BCUT2D eigenvalue weighted by Crippen LogP contribution is 2.39. The van der Waals surface area contributed by atoms with Gasteiger partial charge in [0.2, 0.25) is 5.89 Å². The van der Waals surface area contributed by atoms with Crippen molar-refractivity contribution < 1.29 is 4.42 Å². The fourth-order valence-electron chi connectivity index (χ4n) is 5.19. The molecule has 0 saturated carbocycles. The molecule has 0 amide bonds. The Morgan fingerprint density at radius 1 is 0.575 bits per heavy atom. The fraction of sp³-hybridized carbons (Fsp3) is 0.0588. The first kappa shape index (κ1) is 23.0. The lowest BCUT2D eigenvalue weighted by molar-refractivity contribution is 0.516. The van der Waals surface area contributed by atoms with Gasteiger partial charge in [-0.25, -0.2) is 19.9 Å². The van der Waals surface area contributed by atoms with Crippen molar-refractivity contribution in [2.24, 2.45) is 0 Å². The van der Waals surface area contributed by atoms with Gasteiger partial charge in [0.15, 0.2) is 17.5 Å². The first-order chi connectivity index (χ1) is 19.8.